The SMILES string of the molecule is CC1CN(C(=O)CCCc2cccs2)CC1N. The summed E-state index contributed by atoms with van der Waals surface area (Å²) in [4.78, 5) is 15.2. The summed E-state index contributed by atoms with van der Waals surface area (Å²) >= 11 is 1.76. The molecule has 1 aromatic rings. The van der Waals surface area contributed by atoms with Crippen LogP contribution >= 0.6 is 11.3 Å². The van der Waals surface area contributed by atoms with Crippen molar-refractivity contribution in [2.24, 2.45) is 11.7 Å². The molecule has 94 valence electrons. The minimum Gasteiger partial charge on any atom is -0.341 e. The number of nitrogens with two attached hydrogens (primary N) is 1. The van der Waals surface area contributed by atoms with Crippen LogP contribution in [-0.4, -0.2) is 29.9 Å². The zero-order valence-electron chi connectivity index (χ0n) is 10.3. The Kier molecular flexibility index (Phi) is 4.18. The summed E-state index contributed by atoms with van der Waals surface area (Å²) in [6.45, 7) is 3.68. The van der Waals surface area contributed by atoms with Crippen molar-refractivity contribution >= 4 is 17.2 Å². The predicted octanol–water partition coefficient (Wildman–Crippen LogP) is 1.88. The van der Waals surface area contributed by atoms with Crippen LogP contribution in [0.4, 0.5) is 0 Å². The van der Waals surface area contributed by atoms with Crippen LogP contribution < -0.4 is 5.73 Å². The van der Waals surface area contributed by atoms with Gasteiger partial charge in [0.05, 0.1) is 0 Å². The van der Waals surface area contributed by atoms with E-state index < -0.39 is 0 Å². The van der Waals surface area contributed by atoms with Gasteiger partial charge in [0.25, 0.3) is 0 Å². The van der Waals surface area contributed by atoms with Crippen LogP contribution in [0.2, 0.25) is 0 Å². The molecule has 3 nitrogen and oxygen atoms in total. The number of likely N-dealkylation sites (tertiary alicyclic amines) is 1. The molecule has 0 saturated carbocycles. The van der Waals surface area contributed by atoms with Gasteiger partial charge >= 0.3 is 0 Å². The van der Waals surface area contributed by atoms with Crippen molar-refractivity contribution in [1.29, 1.82) is 0 Å². The van der Waals surface area contributed by atoms with Crippen LogP contribution in [0.1, 0.15) is 24.6 Å². The van der Waals surface area contributed by atoms with E-state index in [-0.39, 0.29) is 11.9 Å². The molecular formula is C13H20N2OS. The number of aryl methyl sites for hydroxylation is 1. The van der Waals surface area contributed by atoms with E-state index in [4.69, 9.17) is 5.73 Å². The maximum absolute atomic E-state index is 11.9. The number of hydrogen-bond donors (Lipinski definition) is 1. The van der Waals surface area contributed by atoms with Gasteiger partial charge in [-0.1, -0.05) is 13.0 Å². The second-order valence-corrected chi connectivity index (χ2v) is 5.91. The second kappa shape index (κ2) is 5.65. The number of thiophene rings is 1. The Labute approximate surface area is 107 Å². The normalized spacial score (nSPS) is 24.2. The van der Waals surface area contributed by atoms with Crippen LogP contribution in [0, 0.1) is 5.92 Å². The third kappa shape index (κ3) is 3.30. The van der Waals surface area contributed by atoms with Crippen LogP contribution in [0.3, 0.4) is 0 Å². The second-order valence-electron chi connectivity index (χ2n) is 4.87. The van der Waals surface area contributed by atoms with Gasteiger partial charge in [0.1, 0.15) is 0 Å². The Morgan fingerprint density at radius 2 is 2.41 bits per heavy atom. The topological polar surface area (TPSA) is 46.3 Å². The number of hydrogen-bond acceptors (Lipinski definition) is 3. The Morgan fingerprint density at radius 3 is 3.00 bits per heavy atom. The Hall–Kier alpha value is -0.870. The van der Waals surface area contributed by atoms with E-state index in [1.807, 2.05) is 4.90 Å². The maximum atomic E-state index is 11.9. The maximum Gasteiger partial charge on any atom is 0.222 e. The minimum atomic E-state index is 0.163. The quantitative estimate of drug-likeness (QED) is 0.889. The van der Waals surface area contributed by atoms with Crippen LogP contribution in [0.15, 0.2) is 17.5 Å². The fourth-order valence-electron chi connectivity index (χ4n) is 2.22. The van der Waals surface area contributed by atoms with E-state index in [1.54, 1.807) is 11.3 Å². The highest BCUT2D eigenvalue weighted by molar-refractivity contribution is 7.09. The molecule has 2 heterocycles. The lowest BCUT2D eigenvalue weighted by Gasteiger charge is -2.15. The average molecular weight is 252 g/mol. The van der Waals surface area contributed by atoms with E-state index in [2.05, 4.69) is 24.4 Å². The van der Waals surface area contributed by atoms with Gasteiger partial charge in [-0.2, -0.15) is 0 Å². The third-order valence-corrected chi connectivity index (χ3v) is 4.35. The van der Waals surface area contributed by atoms with Crippen LogP contribution in [0.5, 0.6) is 0 Å². The standard InChI is InChI=1S/C13H20N2OS/c1-10-8-15(9-12(10)14)13(16)6-2-4-11-5-3-7-17-11/h3,5,7,10,12H,2,4,6,8-9,14H2,1H3. The molecule has 0 radical (unpaired) electrons. The largest absolute Gasteiger partial charge is 0.341 e. The lowest BCUT2D eigenvalue weighted by Crippen LogP contribution is -2.32. The van der Waals surface area contributed by atoms with Gasteiger partial charge in [0, 0.05) is 30.4 Å². The smallest absolute Gasteiger partial charge is 0.222 e. The molecule has 1 saturated heterocycles. The zero-order chi connectivity index (χ0) is 12.3. The van der Waals surface area contributed by atoms with E-state index >= 15 is 0 Å². The number of carbonyl (C=O) groups is 1. The average Bonchev–Trinajstić information content (AvgIpc) is 2.90. The van der Waals surface area contributed by atoms with Crippen molar-refractivity contribution in [2.45, 2.75) is 32.2 Å². The molecule has 0 aliphatic carbocycles. The molecule has 4 heteroatoms. The summed E-state index contributed by atoms with van der Waals surface area (Å²) in [5.41, 5.74) is 5.92. The molecule has 2 rings (SSSR count). The van der Waals surface area contributed by atoms with E-state index in [1.165, 1.54) is 4.88 Å². The van der Waals surface area contributed by atoms with E-state index in [0.717, 1.165) is 25.9 Å². The Bertz CT molecular complexity index is 354. The molecule has 1 aliphatic rings. The number of amides is 1. The molecule has 2 unspecified atom stereocenters. The highest BCUT2D eigenvalue weighted by Crippen LogP contribution is 2.17. The lowest BCUT2D eigenvalue weighted by molar-refractivity contribution is -0.130. The molecule has 0 bridgehead atoms. The molecule has 1 aromatic heterocycles. The summed E-state index contributed by atoms with van der Waals surface area (Å²) in [6, 6.07) is 4.35. The summed E-state index contributed by atoms with van der Waals surface area (Å²) in [5.74, 6) is 0.706. The predicted molar refractivity (Wildman–Crippen MR) is 71.0 cm³/mol. The molecule has 0 aromatic carbocycles. The van der Waals surface area contributed by atoms with Crippen molar-refractivity contribution in [3.05, 3.63) is 22.4 Å². The highest BCUT2D eigenvalue weighted by Gasteiger charge is 2.29. The van der Waals surface area contributed by atoms with Gasteiger partial charge in [-0.3, -0.25) is 4.79 Å². The van der Waals surface area contributed by atoms with Gasteiger partial charge in [-0.25, -0.2) is 0 Å². The summed E-state index contributed by atoms with van der Waals surface area (Å²) in [5, 5.41) is 2.08. The van der Waals surface area contributed by atoms with Crippen molar-refractivity contribution < 1.29 is 4.79 Å². The van der Waals surface area contributed by atoms with Crippen molar-refractivity contribution in [3.63, 3.8) is 0 Å². The lowest BCUT2D eigenvalue weighted by atomic mass is 10.1. The van der Waals surface area contributed by atoms with Gasteiger partial charge in [-0.15, -0.1) is 11.3 Å². The summed E-state index contributed by atoms with van der Waals surface area (Å²) in [7, 11) is 0. The fourth-order valence-corrected chi connectivity index (χ4v) is 2.97. The molecule has 0 spiro atoms. The van der Waals surface area contributed by atoms with Gasteiger partial charge in [0.2, 0.25) is 5.91 Å². The first kappa shape index (κ1) is 12.6. The zero-order valence-corrected chi connectivity index (χ0v) is 11.1. The monoisotopic (exact) mass is 252 g/mol. The molecule has 1 fully saturated rings. The molecular weight excluding hydrogens is 232 g/mol. The van der Waals surface area contributed by atoms with Gasteiger partial charge < -0.3 is 10.6 Å². The molecule has 1 amide bonds. The van der Waals surface area contributed by atoms with Crippen molar-refractivity contribution in [1.82, 2.24) is 4.90 Å². The number of rotatable bonds is 4. The third-order valence-electron chi connectivity index (χ3n) is 3.42. The molecule has 2 atom stereocenters. The first-order valence-electron chi connectivity index (χ1n) is 6.22. The van der Waals surface area contributed by atoms with Crippen LogP contribution in [0.25, 0.3) is 0 Å². The first-order valence-corrected chi connectivity index (χ1v) is 7.10. The summed E-state index contributed by atoms with van der Waals surface area (Å²) in [6.07, 6.45) is 2.61. The fraction of sp³-hybridized carbons (Fsp3) is 0.615. The van der Waals surface area contributed by atoms with E-state index in [9.17, 15) is 4.79 Å². The van der Waals surface area contributed by atoms with Gasteiger partial charge in [-0.05, 0) is 30.2 Å². The highest BCUT2D eigenvalue weighted by atomic mass is 32.1. The van der Waals surface area contributed by atoms with E-state index in [0.29, 0.717) is 12.3 Å². The molecule has 1 aliphatic heterocycles. The Morgan fingerprint density at radius 1 is 1.59 bits per heavy atom. The minimum absolute atomic E-state index is 0.163. The number of nitrogens with zero attached hydrogens (tertiary/aromatic N) is 1. The van der Waals surface area contributed by atoms with Crippen molar-refractivity contribution in [2.75, 3.05) is 13.1 Å². The molecule has 17 heavy (non-hydrogen) atoms. The summed E-state index contributed by atoms with van der Waals surface area (Å²) < 4.78 is 0. The number of carbonyl (C=O) groups excluding carboxylic acids is 1. The molecule has 2 N–H and O–H groups in total. The Balaban J connectivity index is 1.71. The van der Waals surface area contributed by atoms with Crippen molar-refractivity contribution in [3.8, 4) is 0 Å². The van der Waals surface area contributed by atoms with Gasteiger partial charge in [0.15, 0.2) is 0 Å². The first-order chi connectivity index (χ1) is 8.16. The van der Waals surface area contributed by atoms with Crippen LogP contribution in [-0.2, 0) is 11.2 Å².